The summed E-state index contributed by atoms with van der Waals surface area (Å²) in [6.45, 7) is 9.73. The zero-order chi connectivity index (χ0) is 8.57. The SMILES string of the molecule is C=C(F)/C=C\C(=C)F.CC. The Morgan fingerprint density at radius 1 is 1.00 bits per heavy atom. The largest absolute Gasteiger partial charge is 0.208 e. The van der Waals surface area contributed by atoms with E-state index in [2.05, 4.69) is 13.2 Å². The molecule has 0 nitrogen and oxygen atoms in total. The Hall–Kier alpha value is -0.920. The molecule has 0 aliphatic carbocycles. The van der Waals surface area contributed by atoms with Crippen molar-refractivity contribution in [3.63, 3.8) is 0 Å². The normalized spacial score (nSPS) is 8.40. The van der Waals surface area contributed by atoms with Gasteiger partial charge in [-0.25, -0.2) is 8.78 Å². The second-order valence-corrected chi connectivity index (χ2v) is 1.23. The monoisotopic (exact) mass is 146 g/mol. The first-order valence-corrected chi connectivity index (χ1v) is 3.00. The van der Waals surface area contributed by atoms with Gasteiger partial charge in [0.25, 0.3) is 0 Å². The lowest BCUT2D eigenvalue weighted by molar-refractivity contribution is 0.657. The lowest BCUT2D eigenvalue weighted by Crippen LogP contribution is -1.59. The molecule has 0 N–H and O–H groups in total. The molecule has 0 aliphatic heterocycles. The van der Waals surface area contributed by atoms with Crippen LogP contribution in [0.3, 0.4) is 0 Å². The van der Waals surface area contributed by atoms with Crippen molar-refractivity contribution >= 4 is 0 Å². The first kappa shape index (κ1) is 11.8. The zero-order valence-electron chi connectivity index (χ0n) is 6.32. The Balaban J connectivity index is 0. The lowest BCUT2D eigenvalue weighted by Gasteiger charge is -1.77. The second kappa shape index (κ2) is 8.08. The Bertz CT molecular complexity index is 118. The molecule has 0 rings (SSSR count). The first-order chi connectivity index (χ1) is 4.63. The third kappa shape index (κ3) is 15.7. The Morgan fingerprint density at radius 2 is 1.20 bits per heavy atom. The number of hydrogen-bond acceptors (Lipinski definition) is 0. The summed E-state index contributed by atoms with van der Waals surface area (Å²) in [5.41, 5.74) is 0. The molecule has 58 valence electrons. The van der Waals surface area contributed by atoms with Crippen LogP contribution in [-0.2, 0) is 0 Å². The third-order valence-corrected chi connectivity index (χ3v) is 0.445. The molecule has 0 unspecified atom stereocenters. The van der Waals surface area contributed by atoms with E-state index in [1.165, 1.54) is 0 Å². The molecule has 0 fully saturated rings. The minimum atomic E-state index is -0.677. The summed E-state index contributed by atoms with van der Waals surface area (Å²) in [5, 5.41) is 0. The van der Waals surface area contributed by atoms with Crippen molar-refractivity contribution < 1.29 is 8.78 Å². The maximum absolute atomic E-state index is 11.6. The summed E-state index contributed by atoms with van der Waals surface area (Å²) < 4.78 is 23.1. The number of rotatable bonds is 2. The average Bonchev–Trinajstić information content (AvgIpc) is 1.89. The van der Waals surface area contributed by atoms with Crippen LogP contribution in [0.5, 0.6) is 0 Å². The average molecular weight is 146 g/mol. The second-order valence-electron chi connectivity index (χ2n) is 1.23. The van der Waals surface area contributed by atoms with Crippen molar-refractivity contribution in [2.75, 3.05) is 0 Å². The van der Waals surface area contributed by atoms with E-state index in [0.29, 0.717) is 0 Å². The van der Waals surface area contributed by atoms with E-state index >= 15 is 0 Å². The summed E-state index contributed by atoms with van der Waals surface area (Å²) in [6.07, 6.45) is 1.81. The molecule has 10 heavy (non-hydrogen) atoms. The van der Waals surface area contributed by atoms with Crippen LogP contribution in [0, 0.1) is 0 Å². The lowest BCUT2D eigenvalue weighted by atomic mass is 10.4. The van der Waals surface area contributed by atoms with Crippen LogP contribution >= 0.6 is 0 Å². The van der Waals surface area contributed by atoms with E-state index in [0.717, 1.165) is 12.2 Å². The van der Waals surface area contributed by atoms with Gasteiger partial charge in [0.1, 0.15) is 11.7 Å². The molecule has 0 spiro atoms. The van der Waals surface area contributed by atoms with E-state index in [4.69, 9.17) is 0 Å². The van der Waals surface area contributed by atoms with E-state index in [9.17, 15) is 8.78 Å². The van der Waals surface area contributed by atoms with Gasteiger partial charge in [-0.1, -0.05) is 27.0 Å². The fourth-order valence-electron chi connectivity index (χ4n) is 0.181. The molecule has 0 bridgehead atoms. The van der Waals surface area contributed by atoms with Crippen LogP contribution in [0.4, 0.5) is 8.78 Å². The van der Waals surface area contributed by atoms with E-state index in [-0.39, 0.29) is 0 Å². The molecular weight excluding hydrogens is 134 g/mol. The number of allylic oxidation sites excluding steroid dienone is 4. The van der Waals surface area contributed by atoms with E-state index in [1.54, 1.807) is 0 Å². The van der Waals surface area contributed by atoms with Crippen LogP contribution in [0.1, 0.15) is 13.8 Å². The summed E-state index contributed by atoms with van der Waals surface area (Å²) >= 11 is 0. The zero-order valence-corrected chi connectivity index (χ0v) is 6.32. The smallest absolute Gasteiger partial charge is 0.116 e. The van der Waals surface area contributed by atoms with Crippen LogP contribution in [0.15, 0.2) is 37.0 Å². The molecule has 0 saturated carbocycles. The molecule has 0 radical (unpaired) electrons. The Labute approximate surface area is 60.6 Å². The quantitative estimate of drug-likeness (QED) is 0.523. The highest BCUT2D eigenvalue weighted by atomic mass is 19.1. The Kier molecular flexibility index (Phi) is 9.56. The molecule has 0 atom stereocenters. The van der Waals surface area contributed by atoms with Gasteiger partial charge in [-0.3, -0.25) is 0 Å². The first-order valence-electron chi connectivity index (χ1n) is 3.00. The van der Waals surface area contributed by atoms with Gasteiger partial charge in [0.05, 0.1) is 0 Å². The topological polar surface area (TPSA) is 0 Å². The van der Waals surface area contributed by atoms with Gasteiger partial charge in [-0.15, -0.1) is 0 Å². The van der Waals surface area contributed by atoms with Crippen molar-refractivity contribution in [3.05, 3.63) is 37.0 Å². The highest BCUT2D eigenvalue weighted by Gasteiger charge is 1.79. The van der Waals surface area contributed by atoms with Gasteiger partial charge in [0.15, 0.2) is 0 Å². The summed E-state index contributed by atoms with van der Waals surface area (Å²) in [6, 6.07) is 0. The highest BCUT2D eigenvalue weighted by Crippen LogP contribution is 1.98. The van der Waals surface area contributed by atoms with Gasteiger partial charge >= 0.3 is 0 Å². The van der Waals surface area contributed by atoms with Crippen molar-refractivity contribution in [1.82, 2.24) is 0 Å². The van der Waals surface area contributed by atoms with E-state index < -0.39 is 11.7 Å². The molecule has 0 saturated heterocycles. The molecule has 0 aromatic carbocycles. The van der Waals surface area contributed by atoms with Gasteiger partial charge < -0.3 is 0 Å². The van der Waals surface area contributed by atoms with Crippen molar-refractivity contribution in [3.8, 4) is 0 Å². The molecule has 0 heterocycles. The molecule has 0 aliphatic rings. The van der Waals surface area contributed by atoms with Gasteiger partial charge in [0.2, 0.25) is 0 Å². The molecule has 0 aromatic rings. The third-order valence-electron chi connectivity index (χ3n) is 0.445. The Morgan fingerprint density at radius 3 is 1.30 bits per heavy atom. The minimum absolute atomic E-state index is 0.677. The van der Waals surface area contributed by atoms with Gasteiger partial charge in [0, 0.05) is 0 Å². The highest BCUT2D eigenvalue weighted by molar-refractivity contribution is 5.15. The number of halogens is 2. The van der Waals surface area contributed by atoms with Crippen molar-refractivity contribution in [2.45, 2.75) is 13.8 Å². The predicted molar refractivity (Wildman–Crippen MR) is 41.0 cm³/mol. The van der Waals surface area contributed by atoms with Gasteiger partial charge in [-0.2, -0.15) is 0 Å². The maximum Gasteiger partial charge on any atom is 0.116 e. The van der Waals surface area contributed by atoms with Crippen LogP contribution < -0.4 is 0 Å². The van der Waals surface area contributed by atoms with Crippen LogP contribution in [0.2, 0.25) is 0 Å². The minimum Gasteiger partial charge on any atom is -0.208 e. The molecule has 0 amide bonds. The van der Waals surface area contributed by atoms with Crippen LogP contribution in [0.25, 0.3) is 0 Å². The van der Waals surface area contributed by atoms with Gasteiger partial charge in [-0.05, 0) is 12.2 Å². The summed E-state index contributed by atoms with van der Waals surface area (Å²) in [4.78, 5) is 0. The predicted octanol–water partition coefficient (Wildman–Crippen LogP) is 3.54. The fraction of sp³-hybridized carbons (Fsp3) is 0.250. The van der Waals surface area contributed by atoms with Crippen molar-refractivity contribution in [2.24, 2.45) is 0 Å². The van der Waals surface area contributed by atoms with Crippen molar-refractivity contribution in [1.29, 1.82) is 0 Å². The summed E-state index contributed by atoms with van der Waals surface area (Å²) in [5.74, 6) is -1.35. The standard InChI is InChI=1S/C6H6F2.C2H6/c1-5(7)3-4-6(2)8;1-2/h3-4H,1-2H2;1-2H3/b4-3-;. The maximum atomic E-state index is 11.6. The molecule has 2 heteroatoms. The molecular formula is C8H12F2. The number of hydrogen-bond donors (Lipinski definition) is 0. The summed E-state index contributed by atoms with van der Waals surface area (Å²) in [7, 11) is 0. The fourth-order valence-corrected chi connectivity index (χ4v) is 0.181. The molecule has 0 aromatic heterocycles. The van der Waals surface area contributed by atoms with Crippen LogP contribution in [-0.4, -0.2) is 0 Å². The van der Waals surface area contributed by atoms with E-state index in [1.807, 2.05) is 13.8 Å².